The Morgan fingerprint density at radius 1 is 1.05 bits per heavy atom. The molecule has 22 heavy (non-hydrogen) atoms. The van der Waals surface area contributed by atoms with Crippen LogP contribution in [-0.2, 0) is 0 Å². The van der Waals surface area contributed by atoms with Crippen molar-refractivity contribution in [3.05, 3.63) is 35.5 Å². The van der Waals surface area contributed by atoms with Gasteiger partial charge in [0.2, 0.25) is 0 Å². The van der Waals surface area contributed by atoms with E-state index in [1.54, 1.807) is 12.1 Å². The van der Waals surface area contributed by atoms with Gasteiger partial charge in [0.1, 0.15) is 11.3 Å². The van der Waals surface area contributed by atoms with Crippen molar-refractivity contribution >= 4 is 16.7 Å². The van der Waals surface area contributed by atoms with Gasteiger partial charge >= 0.3 is 0 Å². The van der Waals surface area contributed by atoms with Gasteiger partial charge in [-0.05, 0) is 31.5 Å². The van der Waals surface area contributed by atoms with Crippen molar-refractivity contribution in [1.82, 2.24) is 4.98 Å². The van der Waals surface area contributed by atoms with Gasteiger partial charge in [0.15, 0.2) is 5.78 Å². The lowest BCUT2D eigenvalue weighted by Gasteiger charge is -2.08. The maximum absolute atomic E-state index is 12.4. The van der Waals surface area contributed by atoms with Crippen LogP contribution >= 0.6 is 0 Å². The van der Waals surface area contributed by atoms with Crippen LogP contribution in [0.1, 0.15) is 67.9 Å². The number of Topliss-reactive ketones (excluding diaryl/α,β-unsaturated/α-hetero) is 1. The van der Waals surface area contributed by atoms with Gasteiger partial charge in [-0.3, -0.25) is 4.79 Å². The van der Waals surface area contributed by atoms with E-state index in [1.165, 1.54) is 25.7 Å². The molecule has 1 aromatic heterocycles. The molecule has 1 aromatic carbocycles. The van der Waals surface area contributed by atoms with Gasteiger partial charge < -0.3 is 5.11 Å². The summed E-state index contributed by atoms with van der Waals surface area (Å²) in [5, 5.41) is 10.7. The molecule has 0 unspecified atom stereocenters. The van der Waals surface area contributed by atoms with Crippen molar-refractivity contribution < 1.29 is 9.90 Å². The minimum Gasteiger partial charge on any atom is -0.506 e. The Bertz CT molecular complexity index is 649. The molecule has 1 heterocycles. The van der Waals surface area contributed by atoms with Crippen LogP contribution in [0.3, 0.4) is 0 Å². The van der Waals surface area contributed by atoms with Crippen molar-refractivity contribution in [1.29, 1.82) is 0 Å². The number of fused-ring (bicyclic) bond motifs is 1. The van der Waals surface area contributed by atoms with Crippen molar-refractivity contribution in [3.8, 4) is 5.75 Å². The van der Waals surface area contributed by atoms with Crippen LogP contribution in [0.25, 0.3) is 10.9 Å². The number of phenols is 1. The highest BCUT2D eigenvalue weighted by molar-refractivity contribution is 6.08. The molecular weight excluding hydrogens is 274 g/mol. The topological polar surface area (TPSA) is 50.2 Å². The van der Waals surface area contributed by atoms with Gasteiger partial charge in [0.05, 0.1) is 0 Å². The number of unbranched alkanes of at least 4 members (excludes halogenated alkanes) is 5. The lowest BCUT2D eigenvalue weighted by atomic mass is 9.99. The highest BCUT2D eigenvalue weighted by Gasteiger charge is 2.13. The molecule has 118 valence electrons. The molecule has 3 heteroatoms. The average Bonchev–Trinajstić information content (AvgIpc) is 2.51. The summed E-state index contributed by atoms with van der Waals surface area (Å²) >= 11 is 0. The van der Waals surface area contributed by atoms with Crippen LogP contribution in [0.2, 0.25) is 0 Å². The molecule has 0 aliphatic carbocycles. The molecule has 0 fully saturated rings. The average molecular weight is 299 g/mol. The highest BCUT2D eigenvalue weighted by Crippen LogP contribution is 2.27. The minimum atomic E-state index is 0.134. The Kier molecular flexibility index (Phi) is 5.93. The van der Waals surface area contributed by atoms with Crippen molar-refractivity contribution in [2.45, 2.75) is 58.8 Å². The number of hydrogen-bond acceptors (Lipinski definition) is 3. The predicted octanol–water partition coefficient (Wildman–Crippen LogP) is 5.18. The van der Waals surface area contributed by atoms with Crippen LogP contribution in [0.4, 0.5) is 0 Å². The third-order valence-corrected chi connectivity index (χ3v) is 4.03. The molecule has 0 aliphatic rings. The maximum Gasteiger partial charge on any atom is 0.163 e. The molecule has 0 atom stereocenters. The number of rotatable bonds is 8. The van der Waals surface area contributed by atoms with E-state index in [0.29, 0.717) is 17.5 Å². The van der Waals surface area contributed by atoms with Crippen molar-refractivity contribution in [3.63, 3.8) is 0 Å². The monoisotopic (exact) mass is 299 g/mol. The summed E-state index contributed by atoms with van der Waals surface area (Å²) in [5.41, 5.74) is 2.03. The van der Waals surface area contributed by atoms with E-state index in [2.05, 4.69) is 11.9 Å². The number of pyridine rings is 1. The molecule has 0 saturated heterocycles. The Morgan fingerprint density at radius 2 is 1.77 bits per heavy atom. The highest BCUT2D eigenvalue weighted by atomic mass is 16.3. The SMILES string of the molecule is CCCCCCCCC(=O)c1ccc(O)c2nc(C)ccc12. The fourth-order valence-corrected chi connectivity index (χ4v) is 2.74. The van der Waals surface area contributed by atoms with E-state index in [0.717, 1.165) is 23.9 Å². The predicted molar refractivity (Wildman–Crippen MR) is 90.5 cm³/mol. The molecule has 3 nitrogen and oxygen atoms in total. The minimum absolute atomic E-state index is 0.134. The lowest BCUT2D eigenvalue weighted by molar-refractivity contribution is 0.0980. The first-order valence-corrected chi connectivity index (χ1v) is 8.26. The molecule has 0 bridgehead atoms. The van der Waals surface area contributed by atoms with Crippen LogP contribution in [0, 0.1) is 6.92 Å². The van der Waals surface area contributed by atoms with Gasteiger partial charge in [0.25, 0.3) is 0 Å². The fourth-order valence-electron chi connectivity index (χ4n) is 2.74. The van der Waals surface area contributed by atoms with E-state index in [-0.39, 0.29) is 11.5 Å². The zero-order chi connectivity index (χ0) is 15.9. The second-order valence-corrected chi connectivity index (χ2v) is 5.92. The summed E-state index contributed by atoms with van der Waals surface area (Å²) in [5.74, 6) is 0.279. The number of aryl methyl sites for hydroxylation is 1. The normalized spacial score (nSPS) is 11.0. The fraction of sp³-hybridized carbons (Fsp3) is 0.474. The van der Waals surface area contributed by atoms with Gasteiger partial charge in [-0.25, -0.2) is 4.98 Å². The standard InChI is InChI=1S/C19H25NO2/c1-3-4-5-6-7-8-9-17(21)15-12-13-18(22)19-16(15)11-10-14(2)20-19/h10-13,22H,3-9H2,1-2H3. The van der Waals surface area contributed by atoms with Crippen LogP contribution in [0.15, 0.2) is 24.3 Å². The molecule has 1 N–H and O–H groups in total. The van der Waals surface area contributed by atoms with Gasteiger partial charge in [-0.2, -0.15) is 0 Å². The van der Waals surface area contributed by atoms with Gasteiger partial charge in [-0.15, -0.1) is 0 Å². The summed E-state index contributed by atoms with van der Waals surface area (Å²) in [6, 6.07) is 7.05. The van der Waals surface area contributed by atoms with Crippen LogP contribution in [0.5, 0.6) is 5.75 Å². The number of aromatic hydroxyl groups is 1. The molecule has 2 rings (SSSR count). The van der Waals surface area contributed by atoms with Crippen molar-refractivity contribution in [2.75, 3.05) is 0 Å². The zero-order valence-electron chi connectivity index (χ0n) is 13.6. The van der Waals surface area contributed by atoms with E-state index in [4.69, 9.17) is 0 Å². The quantitative estimate of drug-likeness (QED) is 0.539. The van der Waals surface area contributed by atoms with Crippen LogP contribution < -0.4 is 0 Å². The summed E-state index contributed by atoms with van der Waals surface area (Å²) in [7, 11) is 0. The molecule has 0 amide bonds. The Balaban J connectivity index is 2.04. The zero-order valence-corrected chi connectivity index (χ0v) is 13.6. The largest absolute Gasteiger partial charge is 0.506 e. The van der Waals surface area contributed by atoms with E-state index < -0.39 is 0 Å². The second-order valence-electron chi connectivity index (χ2n) is 5.92. The second kappa shape index (κ2) is 7.92. The first kappa shape index (κ1) is 16.5. The third-order valence-electron chi connectivity index (χ3n) is 4.03. The first-order chi connectivity index (χ1) is 10.6. The molecule has 0 radical (unpaired) electrons. The molecule has 0 saturated carbocycles. The number of nitrogens with zero attached hydrogens (tertiary/aromatic N) is 1. The smallest absolute Gasteiger partial charge is 0.163 e. The van der Waals surface area contributed by atoms with Gasteiger partial charge in [0, 0.05) is 23.1 Å². The number of hydrogen-bond donors (Lipinski definition) is 1. The summed E-state index contributed by atoms with van der Waals surface area (Å²) < 4.78 is 0. The Morgan fingerprint density at radius 3 is 2.55 bits per heavy atom. The Labute approximate surface area is 132 Å². The Hall–Kier alpha value is -1.90. The number of carbonyl (C=O) groups is 1. The maximum atomic E-state index is 12.4. The molecule has 2 aromatic rings. The number of ketones is 1. The molecule has 0 aliphatic heterocycles. The number of phenolic OH excluding ortho intramolecular Hbond substituents is 1. The molecular formula is C19H25NO2. The number of carbonyl (C=O) groups excluding carboxylic acids is 1. The van der Waals surface area contributed by atoms with Crippen LogP contribution in [-0.4, -0.2) is 15.9 Å². The van der Waals surface area contributed by atoms with Crippen molar-refractivity contribution in [2.24, 2.45) is 0 Å². The third kappa shape index (κ3) is 4.06. The number of benzene rings is 1. The summed E-state index contributed by atoms with van der Waals surface area (Å²) in [6.07, 6.45) is 7.60. The summed E-state index contributed by atoms with van der Waals surface area (Å²) in [6.45, 7) is 4.08. The van der Waals surface area contributed by atoms with E-state index >= 15 is 0 Å². The summed E-state index contributed by atoms with van der Waals surface area (Å²) in [4.78, 5) is 16.8. The lowest BCUT2D eigenvalue weighted by Crippen LogP contribution is -2.01. The van der Waals surface area contributed by atoms with E-state index in [9.17, 15) is 9.90 Å². The number of aromatic nitrogens is 1. The molecule has 0 spiro atoms. The van der Waals surface area contributed by atoms with E-state index in [1.807, 2.05) is 19.1 Å². The van der Waals surface area contributed by atoms with Gasteiger partial charge in [-0.1, -0.05) is 45.1 Å². The first-order valence-electron chi connectivity index (χ1n) is 8.26.